The van der Waals surface area contributed by atoms with Gasteiger partial charge < -0.3 is 15.7 Å². The number of aliphatic hydroxyl groups excluding tert-OH is 1. The monoisotopic (exact) mass is 500 g/mol. The van der Waals surface area contributed by atoms with Crippen molar-refractivity contribution >= 4 is 23.0 Å². The minimum atomic E-state index is -1.13. The molecule has 2 atom stereocenters. The third kappa shape index (κ3) is 8.06. The van der Waals surface area contributed by atoms with E-state index in [9.17, 15) is 23.5 Å². The third-order valence-corrected chi connectivity index (χ3v) is 6.69. The molecule has 0 saturated heterocycles. The van der Waals surface area contributed by atoms with Crippen molar-refractivity contribution in [3.63, 3.8) is 0 Å². The van der Waals surface area contributed by atoms with Gasteiger partial charge in [0.25, 0.3) is 0 Å². The summed E-state index contributed by atoms with van der Waals surface area (Å²) in [6.45, 7) is 2.22. The fraction of sp³-hybridized carbons (Fsp3) is 0.333. The lowest BCUT2D eigenvalue weighted by Gasteiger charge is -2.28. The van der Waals surface area contributed by atoms with E-state index in [4.69, 9.17) is 5.73 Å². The van der Waals surface area contributed by atoms with Crippen LogP contribution in [0.1, 0.15) is 46.1 Å². The van der Waals surface area contributed by atoms with Crippen molar-refractivity contribution in [1.82, 2.24) is 4.90 Å². The third-order valence-electron chi connectivity index (χ3n) is 5.78. The molecular formula is C27H30F2N2O3S. The molecule has 35 heavy (non-hydrogen) atoms. The Morgan fingerprint density at radius 1 is 1.00 bits per heavy atom. The first kappa shape index (κ1) is 26.7. The Kier molecular flexibility index (Phi) is 9.65. The van der Waals surface area contributed by atoms with E-state index in [1.54, 1.807) is 12.1 Å². The molecule has 186 valence electrons. The number of carbonyl (C=O) groups excluding carboxylic acids is 2. The zero-order chi connectivity index (χ0) is 25.4. The Balaban J connectivity index is 1.70. The molecule has 0 aliphatic carbocycles. The highest BCUT2D eigenvalue weighted by Gasteiger charge is 2.24. The number of nitrogens with zero attached hydrogens (tertiary/aromatic N) is 1. The van der Waals surface area contributed by atoms with Gasteiger partial charge in [0.2, 0.25) is 5.91 Å². The molecule has 0 fully saturated rings. The summed E-state index contributed by atoms with van der Waals surface area (Å²) in [6.07, 6.45) is -0.182. The molecule has 1 heterocycles. The van der Waals surface area contributed by atoms with Crippen LogP contribution in [-0.2, 0) is 24.2 Å². The van der Waals surface area contributed by atoms with Gasteiger partial charge in [-0.2, -0.15) is 0 Å². The topological polar surface area (TPSA) is 83.6 Å². The minimum Gasteiger partial charge on any atom is -0.390 e. The first-order chi connectivity index (χ1) is 16.7. The summed E-state index contributed by atoms with van der Waals surface area (Å²) in [5, 5.41) is 12.6. The molecule has 8 heteroatoms. The highest BCUT2D eigenvalue weighted by atomic mass is 32.1. The highest BCUT2D eigenvalue weighted by molar-refractivity contribution is 7.12. The quantitative estimate of drug-likeness (QED) is 0.359. The van der Waals surface area contributed by atoms with Gasteiger partial charge in [0.05, 0.1) is 11.0 Å². The van der Waals surface area contributed by atoms with Crippen LogP contribution in [0, 0.1) is 11.6 Å². The number of halogens is 2. The number of nitrogens with two attached hydrogens (primary N) is 1. The molecule has 3 N–H and O–H groups in total. The second kappa shape index (κ2) is 12.7. The lowest BCUT2D eigenvalue weighted by Crippen LogP contribution is -2.46. The number of amides is 1. The first-order valence-corrected chi connectivity index (χ1v) is 12.4. The SMILES string of the molecule is CCc1cccc(CN(C[C@@H](O)[C@@H](N)Cc2cc(F)cc(F)c2)C(=O)CCC(=O)c2cccs2)c1. The summed E-state index contributed by atoms with van der Waals surface area (Å²) < 4.78 is 27.1. The highest BCUT2D eigenvalue weighted by Crippen LogP contribution is 2.17. The lowest BCUT2D eigenvalue weighted by molar-refractivity contribution is -0.133. The van der Waals surface area contributed by atoms with Crippen LogP contribution in [0.5, 0.6) is 0 Å². The van der Waals surface area contributed by atoms with Crippen molar-refractivity contribution in [2.24, 2.45) is 5.73 Å². The number of hydrogen-bond donors (Lipinski definition) is 2. The molecule has 0 unspecified atom stereocenters. The van der Waals surface area contributed by atoms with Crippen LogP contribution < -0.4 is 5.73 Å². The van der Waals surface area contributed by atoms with Crippen molar-refractivity contribution in [2.75, 3.05) is 6.54 Å². The summed E-state index contributed by atoms with van der Waals surface area (Å²) in [5.41, 5.74) is 8.48. The van der Waals surface area contributed by atoms with Crippen molar-refractivity contribution in [1.29, 1.82) is 0 Å². The van der Waals surface area contributed by atoms with Gasteiger partial charge in [-0.25, -0.2) is 8.78 Å². The largest absolute Gasteiger partial charge is 0.390 e. The molecule has 0 radical (unpaired) electrons. The summed E-state index contributed by atoms with van der Waals surface area (Å²) in [4.78, 5) is 27.6. The van der Waals surface area contributed by atoms with Crippen LogP contribution in [0.25, 0.3) is 0 Å². The number of rotatable bonds is 12. The van der Waals surface area contributed by atoms with Gasteiger partial charge in [-0.05, 0) is 53.1 Å². The number of Topliss-reactive ketones (excluding diaryl/α,β-unsaturated/α-hetero) is 1. The number of benzene rings is 2. The molecule has 0 saturated carbocycles. The Hall–Kier alpha value is -2.94. The van der Waals surface area contributed by atoms with E-state index >= 15 is 0 Å². The minimum absolute atomic E-state index is 0.00126. The van der Waals surface area contributed by atoms with Crippen LogP contribution in [0.4, 0.5) is 8.78 Å². The number of hydrogen-bond acceptors (Lipinski definition) is 5. The molecule has 0 bridgehead atoms. The maximum Gasteiger partial charge on any atom is 0.223 e. The van der Waals surface area contributed by atoms with Crippen LogP contribution in [0.2, 0.25) is 0 Å². The van der Waals surface area contributed by atoms with E-state index in [1.165, 1.54) is 28.4 Å². The number of carbonyl (C=O) groups is 2. The van der Waals surface area contributed by atoms with E-state index < -0.39 is 23.8 Å². The van der Waals surface area contributed by atoms with Crippen LogP contribution in [-0.4, -0.2) is 40.4 Å². The number of aryl methyl sites for hydroxylation is 1. The second-order valence-corrected chi connectivity index (χ2v) is 9.51. The Labute approximate surface area is 208 Å². The van der Waals surface area contributed by atoms with Gasteiger partial charge in [-0.15, -0.1) is 11.3 Å². The van der Waals surface area contributed by atoms with Crippen LogP contribution >= 0.6 is 11.3 Å². The van der Waals surface area contributed by atoms with Gasteiger partial charge in [-0.1, -0.05) is 37.3 Å². The fourth-order valence-corrected chi connectivity index (χ4v) is 4.55. The summed E-state index contributed by atoms with van der Waals surface area (Å²) in [6, 6.07) is 13.6. The number of aliphatic hydroxyl groups is 1. The molecule has 5 nitrogen and oxygen atoms in total. The van der Waals surface area contributed by atoms with E-state index in [0.717, 1.165) is 23.6 Å². The van der Waals surface area contributed by atoms with Crippen molar-refractivity contribution in [3.05, 3.63) is 93.2 Å². The maximum atomic E-state index is 13.5. The lowest BCUT2D eigenvalue weighted by atomic mass is 10.0. The van der Waals surface area contributed by atoms with E-state index in [-0.39, 0.29) is 44.0 Å². The fourth-order valence-electron chi connectivity index (χ4n) is 3.86. The van der Waals surface area contributed by atoms with Crippen LogP contribution in [0.3, 0.4) is 0 Å². The first-order valence-electron chi connectivity index (χ1n) is 11.6. The second-order valence-electron chi connectivity index (χ2n) is 8.56. The average molecular weight is 501 g/mol. The molecule has 0 aliphatic rings. The van der Waals surface area contributed by atoms with E-state index in [1.807, 2.05) is 36.6 Å². The molecular weight excluding hydrogens is 470 g/mol. The smallest absolute Gasteiger partial charge is 0.223 e. The predicted molar refractivity (Wildman–Crippen MR) is 133 cm³/mol. The molecule has 0 spiro atoms. The van der Waals surface area contributed by atoms with Gasteiger partial charge in [0, 0.05) is 38.0 Å². The zero-order valence-corrected chi connectivity index (χ0v) is 20.4. The predicted octanol–water partition coefficient (Wildman–Crippen LogP) is 4.51. The van der Waals surface area contributed by atoms with Crippen molar-refractivity contribution in [3.8, 4) is 0 Å². The molecule has 2 aromatic carbocycles. The maximum absolute atomic E-state index is 13.5. The van der Waals surface area contributed by atoms with Gasteiger partial charge >= 0.3 is 0 Å². The molecule has 1 amide bonds. The summed E-state index contributed by atoms with van der Waals surface area (Å²) in [5.74, 6) is -1.82. The Morgan fingerprint density at radius 2 is 1.71 bits per heavy atom. The Bertz CT molecular complexity index is 1120. The molecule has 3 rings (SSSR count). The summed E-state index contributed by atoms with van der Waals surface area (Å²) >= 11 is 1.33. The molecule has 3 aromatic rings. The summed E-state index contributed by atoms with van der Waals surface area (Å²) in [7, 11) is 0. The van der Waals surface area contributed by atoms with Crippen LogP contribution in [0.15, 0.2) is 60.0 Å². The normalized spacial score (nSPS) is 12.8. The zero-order valence-electron chi connectivity index (χ0n) is 19.6. The van der Waals surface area contributed by atoms with Gasteiger partial charge in [0.15, 0.2) is 5.78 Å². The van der Waals surface area contributed by atoms with E-state index in [0.29, 0.717) is 10.4 Å². The standard InChI is InChI=1S/C27H30F2N2O3S/c1-2-18-5-3-6-19(11-18)16-31(27(34)9-8-24(32)26-7-4-10-35-26)17-25(33)23(30)14-20-12-21(28)15-22(29)13-20/h3-7,10-13,15,23,25,33H,2,8-9,14,16-17,30H2,1H3/t23-,25+/m0/s1. The van der Waals surface area contributed by atoms with Crippen molar-refractivity contribution < 1.29 is 23.5 Å². The van der Waals surface area contributed by atoms with Crippen molar-refractivity contribution in [2.45, 2.75) is 51.3 Å². The van der Waals surface area contributed by atoms with E-state index in [2.05, 4.69) is 0 Å². The molecule has 1 aromatic heterocycles. The van der Waals surface area contributed by atoms with Gasteiger partial charge in [0.1, 0.15) is 11.6 Å². The van der Waals surface area contributed by atoms with Gasteiger partial charge in [-0.3, -0.25) is 9.59 Å². The Morgan fingerprint density at radius 3 is 2.37 bits per heavy atom. The molecule has 0 aliphatic heterocycles. The number of thiophene rings is 1. The number of ketones is 1. The average Bonchev–Trinajstić information content (AvgIpc) is 3.36.